The number of nitrogens with one attached hydrogen (secondary N) is 1. The lowest BCUT2D eigenvalue weighted by molar-refractivity contribution is -0.122. The molecule has 0 saturated carbocycles. The molecule has 1 heterocycles. The molecule has 2 atom stereocenters. The number of hydrogen-bond donors (Lipinski definition) is 1. The van der Waals surface area contributed by atoms with Crippen LogP contribution in [0.5, 0.6) is 0 Å². The molecular weight excluding hydrogens is 182 g/mol. The van der Waals surface area contributed by atoms with Gasteiger partial charge in [0, 0.05) is 17.3 Å². The fourth-order valence-electron chi connectivity index (χ4n) is 1.06. The summed E-state index contributed by atoms with van der Waals surface area (Å²) in [6.07, 6.45) is 1.68. The van der Waals surface area contributed by atoms with Crippen LogP contribution in [0.1, 0.15) is 19.8 Å². The molecule has 1 N–H and O–H groups in total. The average molecular weight is 192 g/mol. The highest BCUT2D eigenvalue weighted by molar-refractivity contribution is 9.09. The van der Waals surface area contributed by atoms with Crippen molar-refractivity contribution in [2.75, 3.05) is 0 Å². The van der Waals surface area contributed by atoms with E-state index in [4.69, 9.17) is 0 Å². The van der Waals surface area contributed by atoms with E-state index in [1.165, 1.54) is 0 Å². The Kier molecular flexibility index (Phi) is 2.11. The Morgan fingerprint density at radius 2 is 2.44 bits per heavy atom. The molecule has 2 unspecified atom stereocenters. The van der Waals surface area contributed by atoms with E-state index in [0.717, 1.165) is 6.42 Å². The Labute approximate surface area is 63.1 Å². The summed E-state index contributed by atoms with van der Waals surface area (Å²) in [5, 5.41) is 2.84. The second-order valence-corrected chi connectivity index (χ2v) is 3.80. The predicted molar refractivity (Wildman–Crippen MR) is 39.6 cm³/mol. The Hall–Kier alpha value is -0.0500. The smallest absolute Gasteiger partial charge is 0.221 e. The van der Waals surface area contributed by atoms with E-state index in [1.807, 2.05) is 6.92 Å². The zero-order valence-corrected chi connectivity index (χ0v) is 6.94. The van der Waals surface area contributed by atoms with Crippen molar-refractivity contribution < 1.29 is 4.79 Å². The third-order valence-electron chi connectivity index (χ3n) is 1.42. The number of piperidine rings is 1. The first kappa shape index (κ1) is 7.06. The molecule has 9 heavy (non-hydrogen) atoms. The molecule has 0 aromatic rings. The Morgan fingerprint density at radius 1 is 1.78 bits per heavy atom. The topological polar surface area (TPSA) is 29.1 Å². The zero-order valence-electron chi connectivity index (χ0n) is 5.36. The molecule has 0 aromatic heterocycles. The third-order valence-corrected chi connectivity index (χ3v) is 2.12. The first-order chi connectivity index (χ1) is 4.18. The second-order valence-electron chi connectivity index (χ2n) is 2.51. The van der Waals surface area contributed by atoms with Crippen molar-refractivity contribution in [2.45, 2.75) is 30.6 Å². The van der Waals surface area contributed by atoms with Gasteiger partial charge in [-0.05, 0) is 13.3 Å². The van der Waals surface area contributed by atoms with Crippen molar-refractivity contribution in [1.82, 2.24) is 5.32 Å². The number of carbonyl (C=O) groups is 1. The normalized spacial score (nSPS) is 36.0. The summed E-state index contributed by atoms with van der Waals surface area (Å²) in [5.74, 6) is 0.163. The molecule has 0 bridgehead atoms. The molecular formula is C6H10BrNO. The number of halogens is 1. The van der Waals surface area contributed by atoms with Crippen LogP contribution in [0.2, 0.25) is 0 Å². The van der Waals surface area contributed by atoms with Gasteiger partial charge in [-0.3, -0.25) is 4.79 Å². The molecule has 1 amide bonds. The van der Waals surface area contributed by atoms with Gasteiger partial charge in [0.25, 0.3) is 0 Å². The van der Waals surface area contributed by atoms with Crippen molar-refractivity contribution in [3.8, 4) is 0 Å². The molecule has 1 rings (SSSR count). The van der Waals surface area contributed by atoms with Crippen molar-refractivity contribution in [2.24, 2.45) is 0 Å². The molecule has 0 spiro atoms. The summed E-state index contributed by atoms with van der Waals surface area (Å²) in [5.41, 5.74) is 0. The quantitative estimate of drug-likeness (QED) is 0.571. The number of amides is 1. The molecule has 2 nitrogen and oxygen atoms in total. The number of rotatable bonds is 0. The molecule has 1 aliphatic rings. The molecule has 1 aliphatic heterocycles. The van der Waals surface area contributed by atoms with Crippen LogP contribution in [-0.2, 0) is 4.79 Å². The SMILES string of the molecule is CC1CC(Br)CC(=O)N1. The standard InChI is InChI=1S/C6H10BrNO/c1-4-2-5(7)3-6(9)8-4/h4-5H,2-3H2,1H3,(H,8,9). The molecule has 1 fully saturated rings. The first-order valence-corrected chi connectivity index (χ1v) is 4.03. The van der Waals surface area contributed by atoms with E-state index in [0.29, 0.717) is 17.3 Å². The van der Waals surface area contributed by atoms with E-state index >= 15 is 0 Å². The van der Waals surface area contributed by atoms with Crippen LogP contribution in [0.25, 0.3) is 0 Å². The largest absolute Gasteiger partial charge is 0.354 e. The van der Waals surface area contributed by atoms with Gasteiger partial charge in [0.05, 0.1) is 0 Å². The maximum atomic E-state index is 10.7. The number of alkyl halides is 1. The summed E-state index contributed by atoms with van der Waals surface area (Å²) < 4.78 is 0. The van der Waals surface area contributed by atoms with Gasteiger partial charge in [0.1, 0.15) is 0 Å². The average Bonchev–Trinajstić information content (AvgIpc) is 1.59. The fraction of sp³-hybridized carbons (Fsp3) is 0.833. The third kappa shape index (κ3) is 1.97. The minimum absolute atomic E-state index is 0.163. The molecule has 0 radical (unpaired) electrons. The predicted octanol–water partition coefficient (Wildman–Crippen LogP) is 1.05. The Bertz CT molecular complexity index is 114. The van der Waals surface area contributed by atoms with Crippen LogP contribution in [-0.4, -0.2) is 16.8 Å². The lowest BCUT2D eigenvalue weighted by Gasteiger charge is -2.23. The lowest BCUT2D eigenvalue weighted by atomic mass is 10.1. The fourth-order valence-corrected chi connectivity index (χ4v) is 1.92. The van der Waals surface area contributed by atoms with Crippen molar-refractivity contribution in [3.05, 3.63) is 0 Å². The summed E-state index contributed by atoms with van der Waals surface area (Å²) >= 11 is 3.41. The highest BCUT2D eigenvalue weighted by Crippen LogP contribution is 2.16. The van der Waals surface area contributed by atoms with Gasteiger partial charge in [-0.1, -0.05) is 15.9 Å². The van der Waals surface area contributed by atoms with Crippen LogP contribution in [0.3, 0.4) is 0 Å². The van der Waals surface area contributed by atoms with E-state index in [2.05, 4.69) is 21.2 Å². The van der Waals surface area contributed by atoms with Crippen LogP contribution >= 0.6 is 15.9 Å². The lowest BCUT2D eigenvalue weighted by Crippen LogP contribution is -2.40. The van der Waals surface area contributed by atoms with Crippen LogP contribution in [0.4, 0.5) is 0 Å². The zero-order chi connectivity index (χ0) is 6.85. The van der Waals surface area contributed by atoms with Gasteiger partial charge in [0.2, 0.25) is 5.91 Å². The summed E-state index contributed by atoms with van der Waals surface area (Å²) in [6.45, 7) is 2.02. The molecule has 1 saturated heterocycles. The maximum absolute atomic E-state index is 10.7. The first-order valence-electron chi connectivity index (χ1n) is 3.12. The monoisotopic (exact) mass is 191 g/mol. The van der Waals surface area contributed by atoms with Crippen LogP contribution in [0, 0.1) is 0 Å². The summed E-state index contributed by atoms with van der Waals surface area (Å²) in [7, 11) is 0. The number of carbonyl (C=O) groups excluding carboxylic acids is 1. The Morgan fingerprint density at radius 3 is 2.89 bits per heavy atom. The highest BCUT2D eigenvalue weighted by atomic mass is 79.9. The van der Waals surface area contributed by atoms with E-state index < -0.39 is 0 Å². The van der Waals surface area contributed by atoms with Crippen LogP contribution < -0.4 is 5.32 Å². The molecule has 3 heteroatoms. The number of hydrogen-bond acceptors (Lipinski definition) is 1. The molecule has 0 aliphatic carbocycles. The van der Waals surface area contributed by atoms with Crippen molar-refractivity contribution in [3.63, 3.8) is 0 Å². The van der Waals surface area contributed by atoms with Gasteiger partial charge >= 0.3 is 0 Å². The minimum Gasteiger partial charge on any atom is -0.354 e. The van der Waals surface area contributed by atoms with Gasteiger partial charge < -0.3 is 5.32 Å². The van der Waals surface area contributed by atoms with E-state index in [1.54, 1.807) is 0 Å². The van der Waals surface area contributed by atoms with Crippen molar-refractivity contribution in [1.29, 1.82) is 0 Å². The molecule has 0 aromatic carbocycles. The van der Waals surface area contributed by atoms with Gasteiger partial charge in [-0.25, -0.2) is 0 Å². The van der Waals surface area contributed by atoms with Gasteiger partial charge in [-0.15, -0.1) is 0 Å². The second kappa shape index (κ2) is 2.69. The highest BCUT2D eigenvalue weighted by Gasteiger charge is 2.20. The summed E-state index contributed by atoms with van der Waals surface area (Å²) in [6, 6.07) is 0.343. The van der Waals surface area contributed by atoms with Gasteiger partial charge in [-0.2, -0.15) is 0 Å². The Balaban J connectivity index is 2.43. The summed E-state index contributed by atoms with van der Waals surface area (Å²) in [4.78, 5) is 11.1. The van der Waals surface area contributed by atoms with E-state index in [-0.39, 0.29) is 5.91 Å². The minimum atomic E-state index is 0.163. The van der Waals surface area contributed by atoms with Crippen molar-refractivity contribution >= 4 is 21.8 Å². The van der Waals surface area contributed by atoms with Gasteiger partial charge in [0.15, 0.2) is 0 Å². The maximum Gasteiger partial charge on any atom is 0.221 e. The molecule has 52 valence electrons. The van der Waals surface area contributed by atoms with E-state index in [9.17, 15) is 4.79 Å². The van der Waals surface area contributed by atoms with Crippen LogP contribution in [0.15, 0.2) is 0 Å².